The second-order valence-electron chi connectivity index (χ2n) is 6.53. The first kappa shape index (κ1) is 17.3. The molecule has 0 spiro atoms. The van der Waals surface area contributed by atoms with Crippen molar-refractivity contribution in [3.63, 3.8) is 0 Å². The van der Waals surface area contributed by atoms with Gasteiger partial charge in [-0.05, 0) is 25.0 Å². The predicted molar refractivity (Wildman–Crippen MR) is 92.0 cm³/mol. The molecule has 0 radical (unpaired) electrons. The summed E-state index contributed by atoms with van der Waals surface area (Å²) in [5.74, 6) is -0.858. The highest BCUT2D eigenvalue weighted by Gasteiger charge is 2.55. The lowest BCUT2D eigenvalue weighted by atomic mass is 9.74. The van der Waals surface area contributed by atoms with Crippen LogP contribution in [0.1, 0.15) is 19.8 Å². The van der Waals surface area contributed by atoms with Crippen molar-refractivity contribution in [2.24, 2.45) is 11.3 Å². The first-order valence-corrected chi connectivity index (χ1v) is 9.26. The van der Waals surface area contributed by atoms with Gasteiger partial charge in [0.15, 0.2) is 0 Å². The number of carbonyl (C=O) groups is 2. The van der Waals surface area contributed by atoms with Crippen LogP contribution in [0.5, 0.6) is 0 Å². The van der Waals surface area contributed by atoms with E-state index in [1.807, 2.05) is 37.3 Å². The van der Waals surface area contributed by atoms with Gasteiger partial charge in [-0.3, -0.25) is 9.59 Å². The third kappa shape index (κ3) is 3.17. The molecule has 130 valence electrons. The first-order chi connectivity index (χ1) is 11.6. The first-order valence-electron chi connectivity index (χ1n) is 8.38. The number of carbonyl (C=O) groups excluding carboxylic acids is 1. The zero-order chi connectivity index (χ0) is 17.2. The van der Waals surface area contributed by atoms with Crippen LogP contribution in [0.2, 0.25) is 0 Å². The summed E-state index contributed by atoms with van der Waals surface area (Å²) >= 11 is 1.55. The zero-order valence-corrected chi connectivity index (χ0v) is 14.6. The van der Waals surface area contributed by atoms with Gasteiger partial charge < -0.3 is 14.7 Å². The van der Waals surface area contributed by atoms with Crippen LogP contribution in [0.15, 0.2) is 35.2 Å². The average molecular weight is 349 g/mol. The maximum absolute atomic E-state index is 13.0. The molecule has 0 aliphatic carbocycles. The molecule has 2 aliphatic heterocycles. The minimum Gasteiger partial charge on any atom is -0.481 e. The Hall–Kier alpha value is -1.53. The van der Waals surface area contributed by atoms with E-state index in [0.717, 1.165) is 11.3 Å². The van der Waals surface area contributed by atoms with E-state index in [9.17, 15) is 14.7 Å². The van der Waals surface area contributed by atoms with E-state index in [0.29, 0.717) is 32.7 Å². The topological polar surface area (TPSA) is 66.8 Å². The lowest BCUT2D eigenvalue weighted by Crippen LogP contribution is -2.45. The van der Waals surface area contributed by atoms with Gasteiger partial charge in [-0.1, -0.05) is 25.1 Å². The van der Waals surface area contributed by atoms with Gasteiger partial charge >= 0.3 is 5.97 Å². The molecular formula is C18H23NO4S. The number of carboxylic acid groups (broad SMARTS) is 1. The molecule has 6 heteroatoms. The Kier molecular flexibility index (Phi) is 5.15. The van der Waals surface area contributed by atoms with E-state index in [4.69, 9.17) is 4.74 Å². The monoisotopic (exact) mass is 349 g/mol. The van der Waals surface area contributed by atoms with Crippen molar-refractivity contribution in [2.45, 2.75) is 29.9 Å². The van der Waals surface area contributed by atoms with Crippen LogP contribution in [-0.4, -0.2) is 53.4 Å². The predicted octanol–water partition coefficient (Wildman–Crippen LogP) is 2.51. The SMILES string of the molecule is CCC(Sc1ccccc1)C(=O)N1C[C@H]2COCC[C@@]2(C(=O)O)C1. The van der Waals surface area contributed by atoms with E-state index in [-0.39, 0.29) is 17.1 Å². The highest BCUT2D eigenvalue weighted by molar-refractivity contribution is 8.00. The molecule has 24 heavy (non-hydrogen) atoms. The Labute approximate surface area is 146 Å². The normalized spacial score (nSPS) is 27.5. The summed E-state index contributed by atoms with van der Waals surface area (Å²) in [4.78, 5) is 27.6. The summed E-state index contributed by atoms with van der Waals surface area (Å²) in [5, 5.41) is 9.55. The number of thioether (sulfide) groups is 1. The Balaban J connectivity index is 1.73. The number of ether oxygens (including phenoxy) is 1. The summed E-state index contributed by atoms with van der Waals surface area (Å²) in [7, 11) is 0. The second-order valence-corrected chi connectivity index (χ2v) is 7.81. The number of likely N-dealkylation sites (tertiary alicyclic amines) is 1. The van der Waals surface area contributed by atoms with Crippen molar-refractivity contribution in [1.82, 2.24) is 4.90 Å². The molecule has 1 N–H and O–H groups in total. The molecule has 3 rings (SSSR count). The van der Waals surface area contributed by atoms with Crippen molar-refractivity contribution in [3.05, 3.63) is 30.3 Å². The highest BCUT2D eigenvalue weighted by atomic mass is 32.2. The minimum absolute atomic E-state index is 0.0429. The number of aliphatic carboxylic acids is 1. The van der Waals surface area contributed by atoms with Gasteiger partial charge in [0, 0.05) is 30.5 Å². The smallest absolute Gasteiger partial charge is 0.311 e. The third-order valence-electron chi connectivity index (χ3n) is 5.11. The minimum atomic E-state index is -0.830. The number of carboxylic acids is 1. The fourth-order valence-corrected chi connectivity index (χ4v) is 4.70. The maximum atomic E-state index is 13.0. The number of benzene rings is 1. The van der Waals surface area contributed by atoms with Crippen molar-refractivity contribution >= 4 is 23.6 Å². The lowest BCUT2D eigenvalue weighted by molar-refractivity contribution is -0.157. The molecular weight excluding hydrogens is 326 g/mol. The molecule has 0 saturated carbocycles. The van der Waals surface area contributed by atoms with Gasteiger partial charge in [0.25, 0.3) is 0 Å². The summed E-state index contributed by atoms with van der Waals surface area (Å²) in [6.07, 6.45) is 1.20. The van der Waals surface area contributed by atoms with Crippen molar-refractivity contribution in [2.75, 3.05) is 26.3 Å². The fourth-order valence-electron chi connectivity index (χ4n) is 3.64. The standard InChI is InChI=1S/C18H23NO4S/c1-2-15(24-14-6-4-3-5-7-14)16(20)19-10-13-11-23-9-8-18(13,12-19)17(21)22/h3-7,13,15H,2,8-12H2,1H3,(H,21,22)/t13-,15?,18+/m0/s1. The molecule has 0 aromatic heterocycles. The molecule has 2 fully saturated rings. The summed E-state index contributed by atoms with van der Waals surface area (Å²) < 4.78 is 5.46. The van der Waals surface area contributed by atoms with E-state index < -0.39 is 11.4 Å². The van der Waals surface area contributed by atoms with E-state index >= 15 is 0 Å². The van der Waals surface area contributed by atoms with E-state index in [1.165, 1.54) is 0 Å². The molecule has 2 heterocycles. The largest absolute Gasteiger partial charge is 0.481 e. The van der Waals surface area contributed by atoms with Crippen LogP contribution >= 0.6 is 11.8 Å². The number of nitrogens with zero attached hydrogens (tertiary/aromatic N) is 1. The molecule has 1 unspecified atom stereocenters. The van der Waals surface area contributed by atoms with Gasteiger partial charge in [-0.15, -0.1) is 11.8 Å². The highest BCUT2D eigenvalue weighted by Crippen LogP contribution is 2.43. The van der Waals surface area contributed by atoms with Gasteiger partial charge in [0.05, 0.1) is 17.3 Å². The van der Waals surface area contributed by atoms with Gasteiger partial charge in [0.1, 0.15) is 0 Å². The van der Waals surface area contributed by atoms with Gasteiger partial charge in [0.2, 0.25) is 5.91 Å². The van der Waals surface area contributed by atoms with Gasteiger partial charge in [-0.25, -0.2) is 0 Å². The van der Waals surface area contributed by atoms with E-state index in [1.54, 1.807) is 16.7 Å². The van der Waals surface area contributed by atoms with E-state index in [2.05, 4.69) is 0 Å². The number of hydrogen-bond donors (Lipinski definition) is 1. The van der Waals surface area contributed by atoms with Gasteiger partial charge in [-0.2, -0.15) is 0 Å². The van der Waals surface area contributed by atoms with Crippen LogP contribution in [0, 0.1) is 11.3 Å². The summed E-state index contributed by atoms with van der Waals surface area (Å²) in [5.41, 5.74) is -0.830. The number of fused-ring (bicyclic) bond motifs is 1. The Morgan fingerprint density at radius 3 is 2.79 bits per heavy atom. The maximum Gasteiger partial charge on any atom is 0.311 e. The molecule has 2 aliphatic rings. The molecule has 2 saturated heterocycles. The molecule has 1 amide bonds. The van der Waals surface area contributed by atoms with Crippen LogP contribution in [-0.2, 0) is 14.3 Å². The Morgan fingerprint density at radius 1 is 1.42 bits per heavy atom. The van der Waals surface area contributed by atoms with Crippen molar-refractivity contribution in [1.29, 1.82) is 0 Å². The third-order valence-corrected chi connectivity index (χ3v) is 6.48. The van der Waals surface area contributed by atoms with Crippen molar-refractivity contribution < 1.29 is 19.4 Å². The van der Waals surface area contributed by atoms with Crippen LogP contribution in [0.3, 0.4) is 0 Å². The van der Waals surface area contributed by atoms with Crippen LogP contribution in [0.25, 0.3) is 0 Å². The van der Waals surface area contributed by atoms with Crippen LogP contribution in [0.4, 0.5) is 0 Å². The molecule has 1 aromatic carbocycles. The quantitative estimate of drug-likeness (QED) is 0.828. The summed E-state index contributed by atoms with van der Waals surface area (Å²) in [6, 6.07) is 9.86. The zero-order valence-electron chi connectivity index (χ0n) is 13.8. The average Bonchev–Trinajstić information content (AvgIpc) is 3.01. The number of hydrogen-bond acceptors (Lipinski definition) is 4. The second kappa shape index (κ2) is 7.15. The Morgan fingerprint density at radius 2 is 2.17 bits per heavy atom. The molecule has 5 nitrogen and oxygen atoms in total. The Bertz CT molecular complexity index is 608. The molecule has 0 bridgehead atoms. The molecule has 3 atom stereocenters. The number of amides is 1. The van der Waals surface area contributed by atoms with Crippen LogP contribution < -0.4 is 0 Å². The van der Waals surface area contributed by atoms with Crippen molar-refractivity contribution in [3.8, 4) is 0 Å². The molecule has 1 aromatic rings. The summed E-state index contributed by atoms with van der Waals surface area (Å²) in [6.45, 7) is 3.68. The fraction of sp³-hybridized carbons (Fsp3) is 0.556. The number of rotatable bonds is 5. The lowest BCUT2D eigenvalue weighted by Gasteiger charge is -2.33.